The number of fused-ring (bicyclic) bond motifs is 4. The molecule has 2 aliphatic heterocycles. The van der Waals surface area contributed by atoms with Gasteiger partial charge in [0.15, 0.2) is 5.76 Å². The first-order valence-corrected chi connectivity index (χ1v) is 10.5. The van der Waals surface area contributed by atoms with Crippen molar-refractivity contribution in [2.24, 2.45) is 0 Å². The number of Topliss-reactive ketones (excluding diaryl/α,β-unsaturated/α-hetero) is 1. The second-order valence-corrected chi connectivity index (χ2v) is 8.11. The molecule has 0 aliphatic carbocycles. The molecule has 33 heavy (non-hydrogen) atoms. The second kappa shape index (κ2) is 7.06. The molecule has 1 N–H and O–H groups in total. The quantitative estimate of drug-likeness (QED) is 0.281. The molecule has 0 spiro atoms. The van der Waals surface area contributed by atoms with E-state index in [9.17, 15) is 14.4 Å². The molecule has 0 amide bonds. The maximum Gasteiger partial charge on any atom is 0.312 e. The number of rotatable bonds is 2. The third kappa shape index (κ3) is 3.09. The molecule has 7 heteroatoms. The van der Waals surface area contributed by atoms with E-state index in [0.29, 0.717) is 39.5 Å². The summed E-state index contributed by atoms with van der Waals surface area (Å²) in [5.74, 6) is 0.521. The molecule has 0 saturated carbocycles. The number of ketones is 1. The van der Waals surface area contributed by atoms with E-state index in [1.54, 1.807) is 30.3 Å². The molecular formula is C26H17NO6. The zero-order chi connectivity index (χ0) is 22.7. The van der Waals surface area contributed by atoms with E-state index in [2.05, 4.69) is 4.98 Å². The minimum atomic E-state index is -0.623. The highest BCUT2D eigenvalue weighted by Crippen LogP contribution is 2.48. The number of aromatic nitrogens is 1. The molecule has 2 aliphatic rings. The first-order chi connectivity index (χ1) is 16.0. The van der Waals surface area contributed by atoms with Gasteiger partial charge in [-0.25, -0.2) is 0 Å². The lowest BCUT2D eigenvalue weighted by molar-refractivity contribution is -0.135. The summed E-state index contributed by atoms with van der Waals surface area (Å²) >= 11 is 0. The number of ether oxygens (including phenoxy) is 2. The van der Waals surface area contributed by atoms with Crippen molar-refractivity contribution < 1.29 is 23.5 Å². The van der Waals surface area contributed by atoms with Gasteiger partial charge in [-0.1, -0.05) is 18.2 Å². The van der Waals surface area contributed by atoms with Gasteiger partial charge >= 0.3 is 5.97 Å². The number of H-pyrrole nitrogens is 1. The van der Waals surface area contributed by atoms with Crippen molar-refractivity contribution in [3.05, 3.63) is 98.9 Å². The lowest BCUT2D eigenvalue weighted by Gasteiger charge is -2.26. The molecule has 0 saturated heterocycles. The Morgan fingerprint density at radius 2 is 1.85 bits per heavy atom. The number of nitrogens with one attached hydrogen (secondary N) is 1. The van der Waals surface area contributed by atoms with Crippen molar-refractivity contribution in [1.29, 1.82) is 0 Å². The van der Waals surface area contributed by atoms with Crippen LogP contribution in [0.5, 0.6) is 11.5 Å². The number of hydrogen-bond donors (Lipinski definition) is 1. The first kappa shape index (κ1) is 19.3. The summed E-state index contributed by atoms with van der Waals surface area (Å²) in [6.45, 7) is 1.81. The Labute approximate surface area is 187 Å². The van der Waals surface area contributed by atoms with Gasteiger partial charge in [-0.05, 0) is 48.7 Å². The zero-order valence-corrected chi connectivity index (χ0v) is 17.5. The normalized spacial score (nSPS) is 18.2. The van der Waals surface area contributed by atoms with E-state index < -0.39 is 11.9 Å². The summed E-state index contributed by atoms with van der Waals surface area (Å²) in [4.78, 5) is 41.3. The van der Waals surface area contributed by atoms with Gasteiger partial charge in [-0.2, -0.15) is 0 Å². The van der Waals surface area contributed by atoms with Crippen molar-refractivity contribution in [3.63, 3.8) is 0 Å². The van der Waals surface area contributed by atoms with Crippen LogP contribution in [0.4, 0.5) is 0 Å². The van der Waals surface area contributed by atoms with Gasteiger partial charge in [0.2, 0.25) is 5.78 Å². The molecular weight excluding hydrogens is 422 g/mol. The van der Waals surface area contributed by atoms with Crippen LogP contribution in [0.25, 0.3) is 17.0 Å². The maximum absolute atomic E-state index is 13.0. The third-order valence-electron chi connectivity index (χ3n) is 5.97. The van der Waals surface area contributed by atoms with Crippen LogP contribution in [0.3, 0.4) is 0 Å². The number of furan rings is 1. The van der Waals surface area contributed by atoms with Crippen molar-refractivity contribution in [2.45, 2.75) is 19.3 Å². The van der Waals surface area contributed by atoms with Crippen molar-refractivity contribution >= 4 is 28.7 Å². The fourth-order valence-corrected chi connectivity index (χ4v) is 4.46. The average molecular weight is 439 g/mol. The molecule has 0 radical (unpaired) electrons. The van der Waals surface area contributed by atoms with E-state index in [0.717, 1.165) is 5.39 Å². The monoisotopic (exact) mass is 439 g/mol. The number of esters is 1. The van der Waals surface area contributed by atoms with E-state index in [-0.39, 0.29) is 29.3 Å². The number of aromatic amines is 1. The molecule has 2 aromatic heterocycles. The fraction of sp³-hybridized carbons (Fsp3) is 0.115. The highest BCUT2D eigenvalue weighted by molar-refractivity contribution is 6.15. The summed E-state index contributed by atoms with van der Waals surface area (Å²) in [5, 5.41) is 0.839. The number of pyridine rings is 1. The van der Waals surface area contributed by atoms with Gasteiger partial charge in [0, 0.05) is 28.6 Å². The molecule has 0 fully saturated rings. The predicted octanol–water partition coefficient (Wildman–Crippen LogP) is 4.49. The summed E-state index contributed by atoms with van der Waals surface area (Å²) < 4.78 is 17.0. The largest absolute Gasteiger partial charge is 0.462 e. The van der Waals surface area contributed by atoms with E-state index in [1.807, 2.05) is 31.2 Å². The average Bonchev–Trinajstić information content (AvgIpc) is 3.35. The standard InChI is InChI=1S/C26H17NO6/c1-13-6-7-15(31-13)11-21-24(29)16-8-9-20-23(25(16)33-21)17(12-22(28)32-20)18-10-14-4-2-3-5-19(14)27-26(18)30/h2-11,17H,12H2,1H3,(H,27,30)/b21-11-. The van der Waals surface area contributed by atoms with Crippen molar-refractivity contribution in [2.75, 3.05) is 0 Å². The van der Waals surface area contributed by atoms with E-state index in [4.69, 9.17) is 13.9 Å². The first-order valence-electron chi connectivity index (χ1n) is 10.5. The number of carbonyl (C=O) groups excluding carboxylic acids is 2. The number of allylic oxidation sites excluding steroid dienone is 1. The second-order valence-electron chi connectivity index (χ2n) is 8.11. The molecule has 2 aromatic carbocycles. The SMILES string of the molecule is Cc1ccc(/C=C2\Oc3c(ccc4c3C(c3cc5ccccc5[nH]c3=O)CC(=O)O4)C2=O)o1. The van der Waals surface area contributed by atoms with Gasteiger partial charge in [-0.15, -0.1) is 0 Å². The van der Waals surface area contributed by atoms with Gasteiger partial charge in [0.25, 0.3) is 5.56 Å². The van der Waals surface area contributed by atoms with Crippen molar-refractivity contribution in [3.8, 4) is 11.5 Å². The highest BCUT2D eigenvalue weighted by atomic mass is 16.5. The van der Waals surface area contributed by atoms with Gasteiger partial charge in [-0.3, -0.25) is 14.4 Å². The van der Waals surface area contributed by atoms with Crippen LogP contribution < -0.4 is 15.0 Å². The van der Waals surface area contributed by atoms with Crippen LogP contribution in [-0.4, -0.2) is 16.7 Å². The van der Waals surface area contributed by atoms with Gasteiger partial charge in [0.1, 0.15) is 23.0 Å². The zero-order valence-electron chi connectivity index (χ0n) is 17.5. The minimum absolute atomic E-state index is 0.0428. The predicted molar refractivity (Wildman–Crippen MR) is 119 cm³/mol. The minimum Gasteiger partial charge on any atom is -0.462 e. The summed E-state index contributed by atoms with van der Waals surface area (Å²) in [7, 11) is 0. The van der Waals surface area contributed by atoms with Crippen molar-refractivity contribution in [1.82, 2.24) is 4.98 Å². The number of hydrogen-bond acceptors (Lipinski definition) is 6. The summed E-state index contributed by atoms with van der Waals surface area (Å²) in [6, 6.07) is 15.9. The molecule has 0 bridgehead atoms. The summed E-state index contributed by atoms with van der Waals surface area (Å²) in [6.07, 6.45) is 1.49. The van der Waals surface area contributed by atoms with Crippen LogP contribution in [0.2, 0.25) is 0 Å². The lowest BCUT2D eigenvalue weighted by atomic mass is 9.85. The molecule has 162 valence electrons. The lowest BCUT2D eigenvalue weighted by Crippen LogP contribution is -2.26. The topological polar surface area (TPSA) is 98.6 Å². The van der Waals surface area contributed by atoms with Crippen LogP contribution >= 0.6 is 0 Å². The Balaban J connectivity index is 1.52. The van der Waals surface area contributed by atoms with Crippen LogP contribution in [0.1, 0.15) is 45.3 Å². The Kier molecular flexibility index (Phi) is 4.13. The molecule has 6 rings (SSSR count). The Bertz CT molecular complexity index is 1570. The maximum atomic E-state index is 13.0. The molecule has 1 unspecified atom stereocenters. The highest BCUT2D eigenvalue weighted by Gasteiger charge is 2.39. The van der Waals surface area contributed by atoms with Gasteiger partial charge in [0.05, 0.1) is 12.0 Å². The molecule has 7 nitrogen and oxygen atoms in total. The number of benzene rings is 2. The molecule has 4 heterocycles. The summed E-state index contributed by atoms with van der Waals surface area (Å²) in [5.41, 5.74) is 1.68. The van der Waals surface area contributed by atoms with E-state index in [1.165, 1.54) is 6.08 Å². The number of carbonyl (C=O) groups is 2. The smallest absolute Gasteiger partial charge is 0.312 e. The third-order valence-corrected chi connectivity index (χ3v) is 5.97. The van der Waals surface area contributed by atoms with Crippen LogP contribution in [-0.2, 0) is 4.79 Å². The molecule has 1 atom stereocenters. The fourth-order valence-electron chi connectivity index (χ4n) is 4.46. The number of aryl methyl sites for hydroxylation is 1. The Morgan fingerprint density at radius 3 is 2.67 bits per heavy atom. The Hall–Kier alpha value is -4.39. The van der Waals surface area contributed by atoms with Crippen LogP contribution in [0, 0.1) is 6.92 Å². The Morgan fingerprint density at radius 1 is 1.00 bits per heavy atom. The van der Waals surface area contributed by atoms with Gasteiger partial charge < -0.3 is 18.9 Å². The van der Waals surface area contributed by atoms with E-state index >= 15 is 0 Å². The van der Waals surface area contributed by atoms with Crippen LogP contribution in [0.15, 0.2) is 69.6 Å². The number of para-hydroxylation sites is 1. The molecule has 4 aromatic rings.